The SMILES string of the molecule is CC(=O)OC(C)C=CC(C)CC(=O)O. The summed E-state index contributed by atoms with van der Waals surface area (Å²) in [6, 6.07) is 0. The summed E-state index contributed by atoms with van der Waals surface area (Å²) in [5.41, 5.74) is 0. The van der Waals surface area contributed by atoms with Crippen LogP contribution in [0.5, 0.6) is 0 Å². The van der Waals surface area contributed by atoms with Gasteiger partial charge in [0.2, 0.25) is 0 Å². The van der Waals surface area contributed by atoms with Gasteiger partial charge in [0.1, 0.15) is 6.10 Å². The number of carboxylic acid groups (broad SMARTS) is 1. The lowest BCUT2D eigenvalue weighted by Crippen LogP contribution is -2.10. The molecule has 0 spiro atoms. The Labute approximate surface area is 83.6 Å². The first kappa shape index (κ1) is 12.7. The van der Waals surface area contributed by atoms with Crippen LogP contribution in [0.4, 0.5) is 0 Å². The van der Waals surface area contributed by atoms with Crippen LogP contribution >= 0.6 is 0 Å². The second-order valence-electron chi connectivity index (χ2n) is 3.27. The number of ether oxygens (including phenoxy) is 1. The molecule has 0 aliphatic carbocycles. The van der Waals surface area contributed by atoms with Crippen LogP contribution in [0, 0.1) is 5.92 Å². The molecule has 0 aromatic heterocycles. The van der Waals surface area contributed by atoms with Gasteiger partial charge in [0, 0.05) is 6.92 Å². The third-order valence-electron chi connectivity index (χ3n) is 1.56. The molecule has 1 N–H and O–H groups in total. The van der Waals surface area contributed by atoms with E-state index in [0.717, 1.165) is 0 Å². The lowest BCUT2D eigenvalue weighted by molar-refractivity contribution is -0.143. The van der Waals surface area contributed by atoms with Crippen LogP contribution in [0.2, 0.25) is 0 Å². The first-order valence-corrected chi connectivity index (χ1v) is 4.49. The normalized spacial score (nSPS) is 15.1. The fraction of sp³-hybridized carbons (Fsp3) is 0.600. The van der Waals surface area contributed by atoms with Crippen LogP contribution in [-0.2, 0) is 14.3 Å². The number of carbonyl (C=O) groups is 2. The summed E-state index contributed by atoms with van der Waals surface area (Å²) in [7, 11) is 0. The molecule has 0 aromatic carbocycles. The van der Waals surface area contributed by atoms with Crippen molar-refractivity contribution in [3.8, 4) is 0 Å². The highest BCUT2D eigenvalue weighted by Gasteiger charge is 2.05. The van der Waals surface area contributed by atoms with E-state index < -0.39 is 5.97 Å². The van der Waals surface area contributed by atoms with E-state index >= 15 is 0 Å². The first-order valence-electron chi connectivity index (χ1n) is 4.49. The fourth-order valence-electron chi connectivity index (χ4n) is 0.991. The van der Waals surface area contributed by atoms with E-state index in [9.17, 15) is 9.59 Å². The molecule has 0 rings (SSSR count). The first-order chi connectivity index (χ1) is 6.41. The number of allylic oxidation sites excluding steroid dienone is 1. The summed E-state index contributed by atoms with van der Waals surface area (Å²) < 4.78 is 4.83. The monoisotopic (exact) mass is 200 g/mol. The Morgan fingerprint density at radius 3 is 2.36 bits per heavy atom. The van der Waals surface area contributed by atoms with E-state index in [1.165, 1.54) is 6.92 Å². The van der Waals surface area contributed by atoms with Crippen molar-refractivity contribution in [2.24, 2.45) is 5.92 Å². The number of carbonyl (C=O) groups excluding carboxylic acids is 1. The zero-order valence-corrected chi connectivity index (χ0v) is 8.69. The molecule has 14 heavy (non-hydrogen) atoms. The predicted octanol–water partition coefficient (Wildman–Crippen LogP) is 1.60. The van der Waals surface area contributed by atoms with Gasteiger partial charge in [0.15, 0.2) is 0 Å². The molecule has 4 heteroatoms. The number of aliphatic carboxylic acids is 1. The van der Waals surface area contributed by atoms with Crippen LogP contribution in [-0.4, -0.2) is 23.1 Å². The minimum Gasteiger partial charge on any atom is -0.481 e. The van der Waals surface area contributed by atoms with Gasteiger partial charge in [-0.1, -0.05) is 13.0 Å². The molecule has 0 fully saturated rings. The highest BCUT2D eigenvalue weighted by atomic mass is 16.5. The molecule has 0 saturated carbocycles. The van der Waals surface area contributed by atoms with E-state index in [4.69, 9.17) is 9.84 Å². The van der Waals surface area contributed by atoms with Crippen molar-refractivity contribution in [1.29, 1.82) is 0 Å². The van der Waals surface area contributed by atoms with Crippen LogP contribution in [0.3, 0.4) is 0 Å². The molecule has 0 saturated heterocycles. The van der Waals surface area contributed by atoms with Crippen molar-refractivity contribution in [2.45, 2.75) is 33.3 Å². The van der Waals surface area contributed by atoms with Gasteiger partial charge in [-0.2, -0.15) is 0 Å². The molecule has 2 atom stereocenters. The summed E-state index contributed by atoms with van der Waals surface area (Å²) >= 11 is 0. The Bertz CT molecular complexity index is 208. The molecular weight excluding hydrogens is 184 g/mol. The summed E-state index contributed by atoms with van der Waals surface area (Å²) in [4.78, 5) is 20.8. The predicted molar refractivity (Wildman–Crippen MR) is 51.8 cm³/mol. The standard InChI is InChI=1S/C10H16O4/c1-7(6-10(12)13)4-5-8(2)14-9(3)11/h4-5,7-8H,6H2,1-3H3,(H,12,13). The second-order valence-corrected chi connectivity index (χ2v) is 3.27. The minimum absolute atomic E-state index is 0.0505. The average molecular weight is 200 g/mol. The van der Waals surface area contributed by atoms with E-state index in [1.807, 2.05) is 0 Å². The van der Waals surface area contributed by atoms with Crippen molar-refractivity contribution < 1.29 is 19.4 Å². The Hall–Kier alpha value is -1.32. The maximum atomic E-state index is 10.5. The average Bonchev–Trinajstić information content (AvgIpc) is 1.98. The molecule has 0 aromatic rings. The van der Waals surface area contributed by atoms with Gasteiger partial charge in [0.25, 0.3) is 0 Å². The van der Waals surface area contributed by atoms with Crippen LogP contribution < -0.4 is 0 Å². The van der Waals surface area contributed by atoms with Gasteiger partial charge in [-0.05, 0) is 18.9 Å². The molecule has 0 bridgehead atoms. The summed E-state index contributed by atoms with van der Waals surface area (Å²) in [5, 5.41) is 8.48. The summed E-state index contributed by atoms with van der Waals surface area (Å²) in [5.74, 6) is -1.22. The summed E-state index contributed by atoms with van der Waals surface area (Å²) in [6.07, 6.45) is 3.21. The zero-order chi connectivity index (χ0) is 11.1. The van der Waals surface area contributed by atoms with Crippen molar-refractivity contribution in [1.82, 2.24) is 0 Å². The highest BCUT2D eigenvalue weighted by Crippen LogP contribution is 2.05. The third kappa shape index (κ3) is 7.34. The number of hydrogen-bond donors (Lipinski definition) is 1. The van der Waals surface area contributed by atoms with E-state index in [2.05, 4.69) is 0 Å². The fourth-order valence-corrected chi connectivity index (χ4v) is 0.991. The quantitative estimate of drug-likeness (QED) is 0.541. The van der Waals surface area contributed by atoms with Crippen LogP contribution in [0.15, 0.2) is 12.2 Å². The Morgan fingerprint density at radius 1 is 1.36 bits per heavy atom. The molecule has 2 unspecified atom stereocenters. The van der Waals surface area contributed by atoms with Gasteiger partial charge in [-0.3, -0.25) is 9.59 Å². The molecule has 80 valence electrons. The zero-order valence-electron chi connectivity index (χ0n) is 8.69. The Balaban J connectivity index is 3.90. The second kappa shape index (κ2) is 6.18. The topological polar surface area (TPSA) is 63.6 Å². The molecular formula is C10H16O4. The number of hydrogen-bond acceptors (Lipinski definition) is 3. The van der Waals surface area contributed by atoms with Crippen LogP contribution in [0.1, 0.15) is 27.2 Å². The highest BCUT2D eigenvalue weighted by molar-refractivity contribution is 5.67. The molecule has 4 nitrogen and oxygen atoms in total. The van der Waals surface area contributed by atoms with E-state index in [1.54, 1.807) is 26.0 Å². The van der Waals surface area contributed by atoms with Gasteiger partial charge in [-0.25, -0.2) is 0 Å². The van der Waals surface area contributed by atoms with E-state index in [-0.39, 0.29) is 24.4 Å². The van der Waals surface area contributed by atoms with Crippen molar-refractivity contribution in [2.75, 3.05) is 0 Å². The Kier molecular flexibility index (Phi) is 5.60. The summed E-state index contributed by atoms with van der Waals surface area (Å²) in [6.45, 7) is 4.86. The van der Waals surface area contributed by atoms with Crippen molar-refractivity contribution in [3.05, 3.63) is 12.2 Å². The van der Waals surface area contributed by atoms with Gasteiger partial charge < -0.3 is 9.84 Å². The largest absolute Gasteiger partial charge is 0.481 e. The van der Waals surface area contributed by atoms with Crippen molar-refractivity contribution in [3.63, 3.8) is 0 Å². The number of carboxylic acids is 1. The minimum atomic E-state index is -0.831. The van der Waals surface area contributed by atoms with Gasteiger partial charge in [-0.15, -0.1) is 0 Å². The lowest BCUT2D eigenvalue weighted by Gasteiger charge is -2.07. The van der Waals surface area contributed by atoms with Crippen molar-refractivity contribution >= 4 is 11.9 Å². The third-order valence-corrected chi connectivity index (χ3v) is 1.56. The lowest BCUT2D eigenvalue weighted by atomic mass is 10.1. The number of rotatable bonds is 5. The number of esters is 1. The van der Waals surface area contributed by atoms with Gasteiger partial charge >= 0.3 is 11.9 Å². The maximum Gasteiger partial charge on any atom is 0.303 e. The van der Waals surface area contributed by atoms with Crippen LogP contribution in [0.25, 0.3) is 0 Å². The molecule has 0 aliphatic heterocycles. The molecule has 0 radical (unpaired) electrons. The smallest absolute Gasteiger partial charge is 0.303 e. The molecule has 0 aliphatic rings. The van der Waals surface area contributed by atoms with E-state index in [0.29, 0.717) is 0 Å². The molecule has 0 amide bonds. The molecule has 0 heterocycles. The Morgan fingerprint density at radius 2 is 1.93 bits per heavy atom. The maximum absolute atomic E-state index is 10.5. The van der Waals surface area contributed by atoms with Gasteiger partial charge in [0.05, 0.1) is 6.42 Å².